The largest absolute Gasteiger partial charge is 0.348 e. The summed E-state index contributed by atoms with van der Waals surface area (Å²) in [5.74, 6) is -3.07. The van der Waals surface area contributed by atoms with E-state index in [1.165, 1.54) is 24.4 Å². The zero-order valence-corrected chi connectivity index (χ0v) is 23.4. The Kier molecular flexibility index (Phi) is 6.77. The lowest BCUT2D eigenvalue weighted by molar-refractivity contribution is 0.103. The van der Waals surface area contributed by atoms with Gasteiger partial charge in [0, 0.05) is 50.0 Å². The Morgan fingerprint density at radius 2 is 1.83 bits per heavy atom. The maximum absolute atomic E-state index is 15.5. The number of pyridine rings is 1. The number of fused-ring (bicyclic) bond motifs is 2. The van der Waals surface area contributed by atoms with Crippen LogP contribution in [0, 0.1) is 17.5 Å². The van der Waals surface area contributed by atoms with E-state index >= 15 is 4.39 Å². The number of nitrogens with one attached hydrogen (secondary N) is 2. The smallest absolute Gasteiger partial charge is 0.205 e. The molecule has 2 N–H and O–H groups in total. The van der Waals surface area contributed by atoms with Crippen LogP contribution in [0.4, 0.5) is 24.8 Å². The van der Waals surface area contributed by atoms with Crippen molar-refractivity contribution in [1.29, 1.82) is 0 Å². The van der Waals surface area contributed by atoms with Crippen LogP contribution >= 0.6 is 0 Å². The van der Waals surface area contributed by atoms with Crippen molar-refractivity contribution in [2.45, 2.75) is 4.90 Å². The van der Waals surface area contributed by atoms with E-state index in [4.69, 9.17) is 0 Å². The Balaban J connectivity index is 1.37. The third-order valence-corrected chi connectivity index (χ3v) is 7.98. The molecule has 0 aliphatic carbocycles. The number of carbonyl (C=O) groups excluding carboxylic acids is 1. The van der Waals surface area contributed by atoms with Crippen LogP contribution in [-0.4, -0.2) is 43.6 Å². The summed E-state index contributed by atoms with van der Waals surface area (Å²) in [5.41, 5.74) is 2.35. The SMILES string of the molecule is CN(C)c1nc2cc(-c3cnc4[nH]cc(C(=O)c5c(F)ccc(NS(=O)c6cccc(F)c6)c5F)c4c3)ccc2n1C. The molecule has 6 aromatic rings. The first-order valence-corrected chi connectivity index (χ1v) is 13.9. The molecule has 3 heterocycles. The highest BCUT2D eigenvalue weighted by Gasteiger charge is 2.25. The van der Waals surface area contributed by atoms with Gasteiger partial charge in [-0.25, -0.2) is 27.3 Å². The van der Waals surface area contributed by atoms with Crippen molar-refractivity contribution in [2.75, 3.05) is 23.7 Å². The van der Waals surface area contributed by atoms with Gasteiger partial charge in [-0.15, -0.1) is 0 Å². The Morgan fingerprint density at radius 3 is 2.60 bits per heavy atom. The molecule has 212 valence electrons. The first-order chi connectivity index (χ1) is 20.1. The van der Waals surface area contributed by atoms with Crippen LogP contribution in [-0.2, 0) is 18.0 Å². The van der Waals surface area contributed by atoms with Gasteiger partial charge < -0.3 is 14.5 Å². The molecule has 0 aliphatic heterocycles. The standard InChI is InChI=1S/C30H23F3N6O2S/c1-38(2)30-36-24-12-16(7-10-25(24)39(30)3)17-11-20-21(15-35-29(20)34-14-17)28(40)26-22(32)8-9-23(27(26)33)37-42(41)19-6-4-5-18(31)13-19/h4-15,37H,1-3H3,(H,34,35). The van der Waals surface area contributed by atoms with Crippen LogP contribution in [0.3, 0.4) is 0 Å². The lowest BCUT2D eigenvalue weighted by Gasteiger charge is -2.11. The molecule has 0 saturated carbocycles. The van der Waals surface area contributed by atoms with Gasteiger partial charge in [0.1, 0.15) is 28.3 Å². The molecular weight excluding hydrogens is 565 g/mol. The first kappa shape index (κ1) is 27.2. The van der Waals surface area contributed by atoms with E-state index in [2.05, 4.69) is 19.7 Å². The summed E-state index contributed by atoms with van der Waals surface area (Å²) >= 11 is 0. The number of hydrogen-bond acceptors (Lipinski definition) is 5. The van der Waals surface area contributed by atoms with Crippen molar-refractivity contribution >= 4 is 50.5 Å². The van der Waals surface area contributed by atoms with E-state index in [1.54, 1.807) is 12.3 Å². The van der Waals surface area contributed by atoms with Gasteiger partial charge in [-0.1, -0.05) is 12.1 Å². The van der Waals surface area contributed by atoms with Gasteiger partial charge in [-0.2, -0.15) is 0 Å². The van der Waals surface area contributed by atoms with Crippen molar-refractivity contribution in [2.24, 2.45) is 7.05 Å². The molecule has 8 nitrogen and oxygen atoms in total. The highest BCUT2D eigenvalue weighted by Crippen LogP contribution is 2.31. The molecule has 1 unspecified atom stereocenters. The summed E-state index contributed by atoms with van der Waals surface area (Å²) in [7, 11) is 3.68. The minimum atomic E-state index is -2.07. The molecule has 3 aromatic carbocycles. The molecule has 6 rings (SSSR count). The Labute approximate surface area is 240 Å². The monoisotopic (exact) mass is 588 g/mol. The second-order valence-corrected chi connectivity index (χ2v) is 11.0. The predicted octanol–water partition coefficient (Wildman–Crippen LogP) is 5.97. The number of nitrogens with zero attached hydrogens (tertiary/aromatic N) is 4. The normalized spacial score (nSPS) is 12.1. The van der Waals surface area contributed by atoms with Crippen molar-refractivity contribution < 1.29 is 22.2 Å². The van der Waals surface area contributed by atoms with E-state index in [0.717, 1.165) is 40.7 Å². The summed E-state index contributed by atoms with van der Waals surface area (Å²) < 4.78 is 61.1. The Hall–Kier alpha value is -4.97. The van der Waals surface area contributed by atoms with Crippen molar-refractivity contribution in [3.8, 4) is 11.1 Å². The van der Waals surface area contributed by atoms with Crippen LogP contribution in [0.25, 0.3) is 33.2 Å². The minimum Gasteiger partial charge on any atom is -0.348 e. The average molecular weight is 589 g/mol. The van der Waals surface area contributed by atoms with Crippen LogP contribution in [0.5, 0.6) is 0 Å². The summed E-state index contributed by atoms with van der Waals surface area (Å²) in [6.07, 6.45) is 2.98. The van der Waals surface area contributed by atoms with Gasteiger partial charge in [0.05, 0.1) is 27.2 Å². The van der Waals surface area contributed by atoms with Gasteiger partial charge in [0.15, 0.2) is 5.82 Å². The molecule has 0 saturated heterocycles. The van der Waals surface area contributed by atoms with Crippen LogP contribution in [0.1, 0.15) is 15.9 Å². The zero-order valence-electron chi connectivity index (χ0n) is 22.6. The highest BCUT2D eigenvalue weighted by atomic mass is 32.2. The van der Waals surface area contributed by atoms with Crippen LogP contribution < -0.4 is 9.62 Å². The van der Waals surface area contributed by atoms with E-state index < -0.39 is 39.8 Å². The van der Waals surface area contributed by atoms with Gasteiger partial charge >= 0.3 is 0 Å². The molecule has 0 amide bonds. The van der Waals surface area contributed by atoms with E-state index in [-0.39, 0.29) is 16.1 Å². The average Bonchev–Trinajstić information content (AvgIpc) is 3.55. The molecule has 12 heteroatoms. The van der Waals surface area contributed by atoms with Gasteiger partial charge in [0.25, 0.3) is 0 Å². The molecule has 0 radical (unpaired) electrons. The quantitative estimate of drug-likeness (QED) is 0.224. The summed E-state index contributed by atoms with van der Waals surface area (Å²) in [6, 6.07) is 14.4. The molecule has 0 fully saturated rings. The molecule has 0 spiro atoms. The van der Waals surface area contributed by atoms with Gasteiger partial charge in [-0.3, -0.25) is 9.52 Å². The van der Waals surface area contributed by atoms with E-state index in [1.807, 2.05) is 48.8 Å². The second kappa shape index (κ2) is 10.5. The third kappa shape index (κ3) is 4.69. The number of aromatic amines is 1. The number of rotatable bonds is 7. The Bertz CT molecular complexity index is 2050. The molecule has 42 heavy (non-hydrogen) atoms. The zero-order chi connectivity index (χ0) is 29.7. The first-order valence-electron chi connectivity index (χ1n) is 12.7. The number of aromatic nitrogens is 4. The van der Waals surface area contributed by atoms with Gasteiger partial charge in [-0.05, 0) is 54.1 Å². The topological polar surface area (TPSA) is 95.9 Å². The fourth-order valence-corrected chi connectivity index (χ4v) is 5.73. The number of aryl methyl sites for hydroxylation is 1. The van der Waals surface area contributed by atoms with Crippen LogP contribution in [0.2, 0.25) is 0 Å². The van der Waals surface area contributed by atoms with E-state index in [9.17, 15) is 17.8 Å². The third-order valence-electron chi connectivity index (χ3n) is 6.90. The number of benzene rings is 3. The number of H-pyrrole nitrogens is 1. The van der Waals surface area contributed by atoms with Crippen molar-refractivity contribution in [3.05, 3.63) is 102 Å². The maximum atomic E-state index is 15.5. The molecular formula is C30H23F3N6O2S. The predicted molar refractivity (Wildman–Crippen MR) is 156 cm³/mol. The van der Waals surface area contributed by atoms with Crippen LogP contribution in [0.15, 0.2) is 78.0 Å². The fraction of sp³-hybridized carbons (Fsp3) is 0.100. The number of imidazole rings is 1. The van der Waals surface area contributed by atoms with Crippen molar-refractivity contribution in [3.63, 3.8) is 0 Å². The van der Waals surface area contributed by atoms with E-state index in [0.29, 0.717) is 16.6 Å². The summed E-state index contributed by atoms with van der Waals surface area (Å²) in [4.78, 5) is 27.5. The molecule has 1 atom stereocenters. The lowest BCUT2D eigenvalue weighted by atomic mass is 9.99. The molecule has 3 aromatic heterocycles. The maximum Gasteiger partial charge on any atom is 0.205 e. The number of hydrogen-bond donors (Lipinski definition) is 2. The number of ketones is 1. The van der Waals surface area contributed by atoms with Crippen molar-refractivity contribution in [1.82, 2.24) is 19.5 Å². The number of anilines is 2. The molecule has 0 aliphatic rings. The summed E-state index contributed by atoms with van der Waals surface area (Å²) in [5, 5.41) is 0.369. The lowest BCUT2D eigenvalue weighted by Crippen LogP contribution is -2.13. The number of carbonyl (C=O) groups is 1. The number of halogens is 3. The van der Waals surface area contributed by atoms with Gasteiger partial charge in [0.2, 0.25) is 11.7 Å². The fourth-order valence-electron chi connectivity index (χ4n) is 4.83. The highest BCUT2D eigenvalue weighted by molar-refractivity contribution is 7.86. The summed E-state index contributed by atoms with van der Waals surface area (Å²) in [6.45, 7) is 0. The minimum absolute atomic E-state index is 0.00867. The molecule has 0 bridgehead atoms. The second-order valence-electron chi connectivity index (χ2n) is 9.83. The Morgan fingerprint density at radius 1 is 1.02 bits per heavy atom.